The first-order valence-corrected chi connectivity index (χ1v) is 8.77. The summed E-state index contributed by atoms with van der Waals surface area (Å²) in [6.07, 6.45) is 0. The van der Waals surface area contributed by atoms with E-state index in [4.69, 9.17) is 0 Å². The molecule has 0 aliphatic carbocycles. The van der Waals surface area contributed by atoms with Gasteiger partial charge in [-0.1, -0.05) is 36.4 Å². The largest absolute Gasteiger partial charge is 0.349 e. The standard InChI is InChI=1S/C20H18FNOS/c1-14(16-7-6-15-4-2-3-5-17(15)12-16)22-20(23)13-24-19-10-8-18(21)9-11-19/h2-12,14H,13H2,1H3,(H,22,23). The minimum Gasteiger partial charge on any atom is -0.349 e. The fourth-order valence-corrected chi connectivity index (χ4v) is 3.23. The maximum Gasteiger partial charge on any atom is 0.230 e. The van der Waals surface area contributed by atoms with Crippen LogP contribution in [-0.2, 0) is 4.79 Å². The van der Waals surface area contributed by atoms with Gasteiger partial charge in [-0.15, -0.1) is 11.8 Å². The zero-order valence-electron chi connectivity index (χ0n) is 13.3. The average Bonchev–Trinajstić information content (AvgIpc) is 2.61. The fourth-order valence-electron chi connectivity index (χ4n) is 2.52. The lowest BCUT2D eigenvalue weighted by atomic mass is 10.0. The average molecular weight is 339 g/mol. The van der Waals surface area contributed by atoms with Gasteiger partial charge in [-0.25, -0.2) is 4.39 Å². The van der Waals surface area contributed by atoms with Gasteiger partial charge in [-0.3, -0.25) is 4.79 Å². The first-order valence-electron chi connectivity index (χ1n) is 7.78. The summed E-state index contributed by atoms with van der Waals surface area (Å²) < 4.78 is 12.9. The number of fused-ring (bicyclic) bond motifs is 1. The molecule has 4 heteroatoms. The van der Waals surface area contributed by atoms with Crippen molar-refractivity contribution in [1.29, 1.82) is 0 Å². The van der Waals surface area contributed by atoms with Gasteiger partial charge in [-0.05, 0) is 53.6 Å². The number of thioether (sulfide) groups is 1. The van der Waals surface area contributed by atoms with Crippen LogP contribution in [0.25, 0.3) is 10.8 Å². The Labute approximate surface area is 145 Å². The molecule has 0 spiro atoms. The van der Waals surface area contributed by atoms with Crippen molar-refractivity contribution < 1.29 is 9.18 Å². The van der Waals surface area contributed by atoms with E-state index in [1.807, 2.05) is 25.1 Å². The van der Waals surface area contributed by atoms with Gasteiger partial charge in [0.05, 0.1) is 11.8 Å². The number of carbonyl (C=O) groups excluding carboxylic acids is 1. The van der Waals surface area contributed by atoms with Gasteiger partial charge in [0.2, 0.25) is 5.91 Å². The van der Waals surface area contributed by atoms with E-state index in [9.17, 15) is 9.18 Å². The number of carbonyl (C=O) groups is 1. The summed E-state index contributed by atoms with van der Waals surface area (Å²) in [6, 6.07) is 20.5. The molecule has 0 bridgehead atoms. The van der Waals surface area contributed by atoms with Crippen molar-refractivity contribution in [2.75, 3.05) is 5.75 Å². The van der Waals surface area contributed by atoms with Crippen molar-refractivity contribution in [3.63, 3.8) is 0 Å². The van der Waals surface area contributed by atoms with Gasteiger partial charge in [0.25, 0.3) is 0 Å². The molecule has 0 heterocycles. The molecule has 1 atom stereocenters. The van der Waals surface area contributed by atoms with Gasteiger partial charge in [0.15, 0.2) is 0 Å². The Morgan fingerprint density at radius 3 is 2.50 bits per heavy atom. The van der Waals surface area contributed by atoms with Gasteiger partial charge in [0, 0.05) is 4.90 Å². The Morgan fingerprint density at radius 2 is 1.75 bits per heavy atom. The van der Waals surface area contributed by atoms with Crippen LogP contribution in [0.5, 0.6) is 0 Å². The first kappa shape index (κ1) is 16.5. The summed E-state index contributed by atoms with van der Waals surface area (Å²) >= 11 is 1.40. The maximum absolute atomic E-state index is 12.9. The first-order chi connectivity index (χ1) is 11.6. The van der Waals surface area contributed by atoms with E-state index in [0.29, 0.717) is 5.75 Å². The smallest absolute Gasteiger partial charge is 0.230 e. The SMILES string of the molecule is CC(NC(=O)CSc1ccc(F)cc1)c1ccc2ccccc2c1. The van der Waals surface area contributed by atoms with Crippen LogP contribution in [-0.4, -0.2) is 11.7 Å². The number of hydrogen-bond donors (Lipinski definition) is 1. The number of rotatable bonds is 5. The van der Waals surface area contributed by atoms with E-state index in [-0.39, 0.29) is 17.8 Å². The Balaban J connectivity index is 1.59. The van der Waals surface area contributed by atoms with Gasteiger partial charge in [0.1, 0.15) is 5.82 Å². The van der Waals surface area contributed by atoms with Crippen LogP contribution in [0.2, 0.25) is 0 Å². The molecule has 122 valence electrons. The van der Waals surface area contributed by atoms with Crippen LogP contribution in [0.3, 0.4) is 0 Å². The van der Waals surface area contributed by atoms with E-state index in [2.05, 4.69) is 29.6 Å². The summed E-state index contributed by atoms with van der Waals surface area (Å²) in [5.41, 5.74) is 1.08. The van der Waals surface area contributed by atoms with Crippen molar-refractivity contribution >= 4 is 28.4 Å². The zero-order chi connectivity index (χ0) is 16.9. The molecule has 2 nitrogen and oxygen atoms in total. The monoisotopic (exact) mass is 339 g/mol. The summed E-state index contributed by atoms with van der Waals surface area (Å²) in [6.45, 7) is 1.98. The summed E-state index contributed by atoms with van der Waals surface area (Å²) in [5.74, 6) is 0.00233. The second-order valence-electron chi connectivity index (χ2n) is 5.64. The van der Waals surface area contributed by atoms with Crippen molar-refractivity contribution in [3.8, 4) is 0 Å². The molecule has 24 heavy (non-hydrogen) atoms. The number of amides is 1. The molecule has 3 rings (SSSR count). The van der Waals surface area contributed by atoms with Crippen LogP contribution in [0.4, 0.5) is 4.39 Å². The minimum absolute atomic E-state index is 0.0371. The normalized spacial score (nSPS) is 12.1. The van der Waals surface area contributed by atoms with Crippen LogP contribution >= 0.6 is 11.8 Å². The summed E-state index contributed by atoms with van der Waals surface area (Å²) in [5, 5.41) is 5.36. The minimum atomic E-state index is -0.270. The van der Waals surface area contributed by atoms with E-state index in [1.165, 1.54) is 29.3 Å². The predicted molar refractivity (Wildman–Crippen MR) is 97.6 cm³/mol. The maximum atomic E-state index is 12.9. The highest BCUT2D eigenvalue weighted by Crippen LogP contribution is 2.21. The molecule has 0 aliphatic rings. The lowest BCUT2D eigenvalue weighted by Crippen LogP contribution is -2.28. The molecule has 1 N–H and O–H groups in total. The molecule has 3 aromatic rings. The van der Waals surface area contributed by atoms with E-state index < -0.39 is 0 Å². The van der Waals surface area contributed by atoms with Crippen molar-refractivity contribution in [2.45, 2.75) is 17.9 Å². The van der Waals surface area contributed by atoms with Crippen molar-refractivity contribution in [3.05, 3.63) is 78.1 Å². The predicted octanol–water partition coefficient (Wildman–Crippen LogP) is 4.95. The lowest BCUT2D eigenvalue weighted by Gasteiger charge is -2.15. The van der Waals surface area contributed by atoms with E-state index >= 15 is 0 Å². The Bertz CT molecular complexity index is 848. The molecule has 0 aliphatic heterocycles. The number of benzene rings is 3. The molecule has 1 amide bonds. The molecule has 1 unspecified atom stereocenters. The van der Waals surface area contributed by atoms with Crippen LogP contribution in [0, 0.1) is 5.82 Å². The Morgan fingerprint density at radius 1 is 1.04 bits per heavy atom. The quantitative estimate of drug-likeness (QED) is 0.667. The molecular weight excluding hydrogens is 321 g/mol. The number of nitrogens with one attached hydrogen (secondary N) is 1. The molecule has 0 aromatic heterocycles. The fraction of sp³-hybridized carbons (Fsp3) is 0.150. The van der Waals surface area contributed by atoms with Crippen molar-refractivity contribution in [2.24, 2.45) is 0 Å². The zero-order valence-corrected chi connectivity index (χ0v) is 14.1. The summed E-state index contributed by atoms with van der Waals surface area (Å²) in [7, 11) is 0. The van der Waals surface area contributed by atoms with Gasteiger partial charge in [-0.2, -0.15) is 0 Å². The highest BCUT2D eigenvalue weighted by Gasteiger charge is 2.10. The highest BCUT2D eigenvalue weighted by atomic mass is 32.2. The number of halogens is 1. The second kappa shape index (κ2) is 7.49. The third-order valence-corrected chi connectivity index (χ3v) is 4.85. The Kier molecular flexibility index (Phi) is 5.16. The topological polar surface area (TPSA) is 29.1 Å². The third-order valence-electron chi connectivity index (χ3n) is 3.83. The van der Waals surface area contributed by atoms with Crippen LogP contribution < -0.4 is 5.32 Å². The van der Waals surface area contributed by atoms with Gasteiger partial charge >= 0.3 is 0 Å². The van der Waals surface area contributed by atoms with Crippen LogP contribution in [0.15, 0.2) is 71.6 Å². The molecular formula is C20H18FNOS. The second-order valence-corrected chi connectivity index (χ2v) is 6.69. The molecule has 3 aromatic carbocycles. The van der Waals surface area contributed by atoms with E-state index in [1.54, 1.807) is 12.1 Å². The van der Waals surface area contributed by atoms with E-state index in [0.717, 1.165) is 15.8 Å². The molecule has 0 saturated heterocycles. The molecule has 0 saturated carbocycles. The number of hydrogen-bond acceptors (Lipinski definition) is 2. The summed E-state index contributed by atoms with van der Waals surface area (Å²) in [4.78, 5) is 13.0. The Hall–Kier alpha value is -2.33. The van der Waals surface area contributed by atoms with Crippen LogP contribution in [0.1, 0.15) is 18.5 Å². The molecule has 0 radical (unpaired) electrons. The van der Waals surface area contributed by atoms with Crippen molar-refractivity contribution in [1.82, 2.24) is 5.32 Å². The highest BCUT2D eigenvalue weighted by molar-refractivity contribution is 8.00. The van der Waals surface area contributed by atoms with Gasteiger partial charge < -0.3 is 5.32 Å². The molecule has 0 fully saturated rings. The third kappa shape index (κ3) is 4.15. The lowest BCUT2D eigenvalue weighted by molar-refractivity contribution is -0.119.